The molecule has 1 aromatic carbocycles. The summed E-state index contributed by atoms with van der Waals surface area (Å²) < 4.78 is 18.2. The molecule has 1 atom stereocenters. The van der Waals surface area contributed by atoms with Crippen LogP contribution in [0.15, 0.2) is 47.1 Å². The second-order valence-electron chi connectivity index (χ2n) is 3.58. The number of nitrogens with zero attached hydrogens (tertiary/aromatic N) is 1. The average molecular weight is 230 g/mol. The maximum Gasteiger partial charge on any atom is 0.123 e. The Balaban J connectivity index is 2.05. The van der Waals surface area contributed by atoms with Crippen LogP contribution in [0.3, 0.4) is 0 Å². The standard InChI is InChI=1S/C13H11FN2O/c14-11-4-1-3-10(7-11)13(8-15)16-9-12-5-2-6-17-12/h1-7,13,16H,9H2. The highest BCUT2D eigenvalue weighted by Gasteiger charge is 2.10. The van der Waals surface area contributed by atoms with Gasteiger partial charge >= 0.3 is 0 Å². The minimum absolute atomic E-state index is 0.345. The van der Waals surface area contributed by atoms with Crippen LogP contribution in [0.5, 0.6) is 0 Å². The zero-order valence-electron chi connectivity index (χ0n) is 9.06. The fourth-order valence-corrected chi connectivity index (χ4v) is 1.54. The fraction of sp³-hybridized carbons (Fsp3) is 0.154. The van der Waals surface area contributed by atoms with Crippen LogP contribution in [-0.2, 0) is 6.54 Å². The predicted molar refractivity (Wildman–Crippen MR) is 60.3 cm³/mol. The van der Waals surface area contributed by atoms with Crippen molar-refractivity contribution in [1.82, 2.24) is 5.32 Å². The van der Waals surface area contributed by atoms with Gasteiger partial charge in [0.05, 0.1) is 18.9 Å². The molecule has 3 nitrogen and oxygen atoms in total. The van der Waals surface area contributed by atoms with Crippen LogP contribution in [0.25, 0.3) is 0 Å². The van der Waals surface area contributed by atoms with E-state index in [2.05, 4.69) is 11.4 Å². The molecule has 4 heteroatoms. The molecule has 0 fully saturated rings. The largest absolute Gasteiger partial charge is 0.468 e. The van der Waals surface area contributed by atoms with Crippen molar-refractivity contribution in [1.29, 1.82) is 5.26 Å². The zero-order valence-corrected chi connectivity index (χ0v) is 9.06. The Kier molecular flexibility index (Phi) is 3.53. The van der Waals surface area contributed by atoms with Gasteiger partial charge in [-0.3, -0.25) is 5.32 Å². The van der Waals surface area contributed by atoms with E-state index in [0.717, 1.165) is 5.76 Å². The van der Waals surface area contributed by atoms with Crippen molar-refractivity contribution in [2.75, 3.05) is 0 Å². The molecular formula is C13H11FN2O. The Hall–Kier alpha value is -2.12. The molecule has 0 aliphatic carbocycles. The van der Waals surface area contributed by atoms with Crippen LogP contribution in [0, 0.1) is 17.1 Å². The number of halogens is 1. The van der Waals surface area contributed by atoms with Crippen molar-refractivity contribution in [3.05, 3.63) is 59.8 Å². The van der Waals surface area contributed by atoms with Gasteiger partial charge in [-0.15, -0.1) is 0 Å². The van der Waals surface area contributed by atoms with Crippen LogP contribution < -0.4 is 5.32 Å². The van der Waals surface area contributed by atoms with Crippen molar-refractivity contribution in [3.8, 4) is 6.07 Å². The smallest absolute Gasteiger partial charge is 0.123 e. The van der Waals surface area contributed by atoms with Crippen LogP contribution in [0.4, 0.5) is 4.39 Å². The third kappa shape index (κ3) is 2.92. The summed E-state index contributed by atoms with van der Waals surface area (Å²) in [6.45, 7) is 0.432. The van der Waals surface area contributed by atoms with Gasteiger partial charge in [0.1, 0.15) is 17.6 Å². The minimum Gasteiger partial charge on any atom is -0.468 e. The summed E-state index contributed by atoms with van der Waals surface area (Å²) in [6, 6.07) is 11.1. The predicted octanol–water partition coefficient (Wildman–Crippen LogP) is 2.77. The Labute approximate surface area is 98.5 Å². The number of hydrogen-bond donors (Lipinski definition) is 1. The second-order valence-corrected chi connectivity index (χ2v) is 3.58. The maximum absolute atomic E-state index is 13.0. The van der Waals surface area contributed by atoms with E-state index >= 15 is 0 Å². The summed E-state index contributed by atoms with van der Waals surface area (Å²) in [5, 5.41) is 12.0. The normalized spacial score (nSPS) is 12.0. The summed E-state index contributed by atoms with van der Waals surface area (Å²) >= 11 is 0. The molecule has 0 saturated heterocycles. The van der Waals surface area contributed by atoms with Crippen LogP contribution in [0.1, 0.15) is 17.4 Å². The summed E-state index contributed by atoms with van der Waals surface area (Å²) in [6.07, 6.45) is 1.57. The highest BCUT2D eigenvalue weighted by Crippen LogP contribution is 2.14. The van der Waals surface area contributed by atoms with Gasteiger partial charge in [0.25, 0.3) is 0 Å². The third-order valence-electron chi connectivity index (χ3n) is 2.37. The molecule has 0 bridgehead atoms. The molecule has 0 aliphatic rings. The first-order valence-electron chi connectivity index (χ1n) is 5.20. The third-order valence-corrected chi connectivity index (χ3v) is 2.37. The molecule has 1 N–H and O–H groups in total. The van der Waals surface area contributed by atoms with Gasteiger partial charge in [-0.05, 0) is 29.8 Å². The van der Waals surface area contributed by atoms with Crippen molar-refractivity contribution in [2.24, 2.45) is 0 Å². The number of benzene rings is 1. The quantitative estimate of drug-likeness (QED) is 0.878. The second kappa shape index (κ2) is 5.28. The number of furan rings is 1. The van der Waals surface area contributed by atoms with Gasteiger partial charge in [0, 0.05) is 0 Å². The van der Waals surface area contributed by atoms with E-state index in [1.165, 1.54) is 12.1 Å². The van der Waals surface area contributed by atoms with Gasteiger partial charge in [0.15, 0.2) is 0 Å². The van der Waals surface area contributed by atoms with Crippen LogP contribution in [0.2, 0.25) is 0 Å². The Bertz CT molecular complexity index is 516. The van der Waals surface area contributed by atoms with Crippen molar-refractivity contribution in [2.45, 2.75) is 12.6 Å². The van der Waals surface area contributed by atoms with Crippen molar-refractivity contribution >= 4 is 0 Å². The molecular weight excluding hydrogens is 219 g/mol. The van der Waals surface area contributed by atoms with Gasteiger partial charge in [-0.25, -0.2) is 4.39 Å². The number of nitrogens with one attached hydrogen (secondary N) is 1. The summed E-state index contributed by atoms with van der Waals surface area (Å²) in [7, 11) is 0. The molecule has 2 aromatic rings. The van der Waals surface area contributed by atoms with E-state index in [-0.39, 0.29) is 5.82 Å². The maximum atomic E-state index is 13.0. The summed E-state index contributed by atoms with van der Waals surface area (Å²) in [5.74, 6) is 0.393. The summed E-state index contributed by atoms with van der Waals surface area (Å²) in [5.41, 5.74) is 0.610. The molecule has 1 aromatic heterocycles. The van der Waals surface area contributed by atoms with E-state index in [1.54, 1.807) is 24.5 Å². The lowest BCUT2D eigenvalue weighted by Gasteiger charge is -2.10. The highest BCUT2D eigenvalue weighted by molar-refractivity contribution is 5.24. The topological polar surface area (TPSA) is 49.0 Å². The van der Waals surface area contributed by atoms with Gasteiger partial charge < -0.3 is 4.42 Å². The van der Waals surface area contributed by atoms with E-state index < -0.39 is 6.04 Å². The Morgan fingerprint density at radius 3 is 2.88 bits per heavy atom. The van der Waals surface area contributed by atoms with Crippen molar-refractivity contribution in [3.63, 3.8) is 0 Å². The molecule has 1 heterocycles. The molecule has 0 amide bonds. The molecule has 0 aliphatic heterocycles. The lowest BCUT2D eigenvalue weighted by Crippen LogP contribution is -2.19. The molecule has 1 unspecified atom stereocenters. The SMILES string of the molecule is N#CC(NCc1ccco1)c1cccc(F)c1. The van der Waals surface area contributed by atoms with Crippen LogP contribution in [-0.4, -0.2) is 0 Å². The molecule has 86 valence electrons. The monoisotopic (exact) mass is 230 g/mol. The molecule has 0 saturated carbocycles. The van der Waals surface area contributed by atoms with E-state index in [4.69, 9.17) is 9.68 Å². The van der Waals surface area contributed by atoms with Crippen molar-refractivity contribution < 1.29 is 8.81 Å². The zero-order chi connectivity index (χ0) is 12.1. The molecule has 0 spiro atoms. The number of rotatable bonds is 4. The van der Waals surface area contributed by atoms with Gasteiger partial charge in [0.2, 0.25) is 0 Å². The van der Waals surface area contributed by atoms with E-state index in [9.17, 15) is 4.39 Å². The minimum atomic E-state index is -0.546. The lowest BCUT2D eigenvalue weighted by molar-refractivity contribution is 0.472. The number of hydrogen-bond acceptors (Lipinski definition) is 3. The first-order chi connectivity index (χ1) is 8.29. The van der Waals surface area contributed by atoms with Crippen LogP contribution >= 0.6 is 0 Å². The Morgan fingerprint density at radius 1 is 1.35 bits per heavy atom. The lowest BCUT2D eigenvalue weighted by atomic mass is 10.1. The number of nitriles is 1. The summed E-state index contributed by atoms with van der Waals surface area (Å²) in [4.78, 5) is 0. The van der Waals surface area contributed by atoms with E-state index in [1.807, 2.05) is 6.07 Å². The first-order valence-corrected chi connectivity index (χ1v) is 5.20. The fourth-order valence-electron chi connectivity index (χ4n) is 1.54. The molecule has 0 radical (unpaired) electrons. The van der Waals surface area contributed by atoms with Gasteiger partial charge in [-0.2, -0.15) is 5.26 Å². The molecule has 17 heavy (non-hydrogen) atoms. The highest BCUT2D eigenvalue weighted by atomic mass is 19.1. The average Bonchev–Trinajstić information content (AvgIpc) is 2.83. The molecule has 2 rings (SSSR count). The first kappa shape index (κ1) is 11.4. The Morgan fingerprint density at radius 2 is 2.24 bits per heavy atom. The van der Waals surface area contributed by atoms with Gasteiger partial charge in [-0.1, -0.05) is 12.1 Å². The van der Waals surface area contributed by atoms with E-state index in [0.29, 0.717) is 12.1 Å².